The molecule has 0 aromatic rings. The predicted molar refractivity (Wildman–Crippen MR) is 328 cm³/mol. The van der Waals surface area contributed by atoms with Gasteiger partial charge in [0.15, 0.2) is 0 Å². The van der Waals surface area contributed by atoms with Gasteiger partial charge in [-0.15, -0.1) is 0 Å². The summed E-state index contributed by atoms with van der Waals surface area (Å²) in [6.45, 7) is 33.8. The second-order valence-corrected chi connectivity index (χ2v) is 104. The van der Waals surface area contributed by atoms with E-state index in [1.165, 1.54) is 0 Å². The summed E-state index contributed by atoms with van der Waals surface area (Å²) in [4.78, 5) is 0. The first-order valence-corrected chi connectivity index (χ1v) is 73.3. The first kappa shape index (κ1) is 67.0. The molecule has 4 rings (SSSR count). The van der Waals surface area contributed by atoms with Gasteiger partial charge in [0.1, 0.15) is 59.1 Å². The summed E-state index contributed by atoms with van der Waals surface area (Å²) in [5.74, 6) is 0. The lowest BCUT2D eigenvalue weighted by Crippen LogP contribution is -2.84. The second kappa shape index (κ2) is 24.5. The molecule has 12 nitrogen and oxygen atoms in total. The monoisotopic (exact) mass is 1410 g/mol. The topological polar surface area (TPSA) is 111 Å². The standard InChI is InChI=1S/C32H80Cl8O12Si17/c1-55(2,33)18-17-53-41-63(26-19-56(3,4)34)44-66(29-22-59(9,10)37)46-64(27-20-57(5,6)35)42-54-43-65(28-21-58(7,8)36)47-67(45-63,30-23-60(11,12)38)51-69(50-66,32-25-62(15,16)40)52-68(48-64,49-65)31-24-61(13,14)39/h17-32H2,1-16H3. The Morgan fingerprint density at radius 3 is 0.797 bits per heavy atom. The van der Waals surface area contributed by atoms with Crippen molar-refractivity contribution in [3.8, 4) is 0 Å². The Balaban J connectivity index is 2.27. The van der Waals surface area contributed by atoms with Crippen LogP contribution in [0.5, 0.6) is 0 Å². The Morgan fingerprint density at radius 2 is 0.536 bits per heavy atom. The normalized spacial score (nSPS) is 33.4. The maximum atomic E-state index is 8.03. The molecule has 0 spiro atoms. The van der Waals surface area contributed by atoms with Gasteiger partial charge in [-0.3, -0.25) is 0 Å². The molecule has 4 aliphatic heterocycles. The van der Waals surface area contributed by atoms with Crippen LogP contribution in [-0.4, -0.2) is 140 Å². The van der Waals surface area contributed by atoms with E-state index in [0.29, 0.717) is 90.7 Å². The van der Waals surface area contributed by atoms with E-state index in [0.717, 1.165) is 6.04 Å². The van der Waals surface area contributed by atoms with Crippen LogP contribution in [-0.2, 0) is 49.4 Å². The molecule has 0 aromatic carbocycles. The molecule has 404 valence electrons. The summed E-state index contributed by atoms with van der Waals surface area (Å²) in [5.41, 5.74) is 0. The van der Waals surface area contributed by atoms with Gasteiger partial charge in [0.25, 0.3) is 0 Å². The summed E-state index contributed by atoms with van der Waals surface area (Å²) in [6.07, 6.45) is 0. The van der Waals surface area contributed by atoms with E-state index in [-0.39, 0.29) is 9.76 Å². The summed E-state index contributed by atoms with van der Waals surface area (Å²) in [5, 5.41) is 0. The number of hydrogen-bond donors (Lipinski definition) is 0. The molecule has 4 unspecified atom stereocenters. The van der Waals surface area contributed by atoms with Crippen LogP contribution in [0.15, 0.2) is 0 Å². The van der Waals surface area contributed by atoms with E-state index in [9.17, 15) is 0 Å². The maximum Gasteiger partial charge on any atom is 0.478 e. The van der Waals surface area contributed by atoms with Gasteiger partial charge in [-0.05, 0) is 54.4 Å². The lowest BCUT2D eigenvalue weighted by molar-refractivity contribution is 0.00591. The van der Waals surface area contributed by atoms with Gasteiger partial charge in [0, 0.05) is 42.3 Å². The molecule has 4 fully saturated rings. The summed E-state index contributed by atoms with van der Waals surface area (Å²) >= 11 is 57.9. The number of hydrogen-bond acceptors (Lipinski definition) is 12. The van der Waals surface area contributed by atoms with Gasteiger partial charge in [-0.2, -0.15) is 88.6 Å². The van der Waals surface area contributed by atoms with Gasteiger partial charge in [-0.25, -0.2) is 0 Å². The zero-order chi connectivity index (χ0) is 52.7. The molecular weight excluding hydrogens is 1340 g/mol. The van der Waals surface area contributed by atoms with E-state index in [2.05, 4.69) is 105 Å². The first-order valence-electron chi connectivity index (χ1n) is 24.1. The average Bonchev–Trinajstić information content (AvgIpc) is 3.09. The zero-order valence-electron chi connectivity index (χ0n) is 43.7. The quantitative estimate of drug-likeness (QED) is 0.0467. The molecule has 0 aliphatic carbocycles. The smallest absolute Gasteiger partial charge is 0.416 e. The molecule has 0 amide bonds. The average molecular weight is 1420 g/mol. The molecule has 4 saturated heterocycles. The van der Waals surface area contributed by atoms with E-state index in [1.54, 1.807) is 0 Å². The van der Waals surface area contributed by atoms with Gasteiger partial charge >= 0.3 is 71.6 Å². The molecule has 37 heteroatoms. The van der Waals surface area contributed by atoms with Crippen molar-refractivity contribution in [2.75, 3.05) is 0 Å². The molecular formula is C32H80Cl8O12Si17. The molecule has 4 radical (unpaired) electrons. The van der Waals surface area contributed by atoms with Gasteiger partial charge in [-0.1, -0.05) is 105 Å². The van der Waals surface area contributed by atoms with Crippen LogP contribution in [0.1, 0.15) is 0 Å². The van der Waals surface area contributed by atoms with Gasteiger partial charge in [0.05, 0.1) is 0 Å². The summed E-state index contributed by atoms with van der Waals surface area (Å²) in [6, 6.07) is 7.73. The van der Waals surface area contributed by atoms with Crippen molar-refractivity contribution in [3.05, 3.63) is 0 Å². The van der Waals surface area contributed by atoms with Crippen molar-refractivity contribution < 1.29 is 49.4 Å². The predicted octanol–water partition coefficient (Wildman–Crippen LogP) is 14.9. The van der Waals surface area contributed by atoms with E-state index >= 15 is 0 Å². The Hall–Kier alpha value is 5.53. The van der Waals surface area contributed by atoms with Crippen LogP contribution in [0.2, 0.25) is 201 Å². The Kier molecular flexibility index (Phi) is 23.8. The molecule has 69 heavy (non-hydrogen) atoms. The maximum absolute atomic E-state index is 8.03. The molecule has 4 heterocycles. The first-order chi connectivity index (χ1) is 30.7. The largest absolute Gasteiger partial charge is 0.478 e. The van der Waals surface area contributed by atoms with Crippen LogP contribution in [0.3, 0.4) is 0 Å². The van der Waals surface area contributed by atoms with Gasteiger partial charge < -0.3 is 49.4 Å². The molecule has 4 atom stereocenters. The van der Waals surface area contributed by atoms with Crippen LogP contribution in [0.25, 0.3) is 0 Å². The number of rotatable bonds is 26. The van der Waals surface area contributed by atoms with Crippen LogP contribution >= 0.6 is 88.6 Å². The van der Waals surface area contributed by atoms with Crippen molar-refractivity contribution in [2.45, 2.75) is 201 Å². The molecule has 0 saturated carbocycles. The third-order valence-corrected chi connectivity index (χ3v) is 65.3. The lowest BCUT2D eigenvalue weighted by Gasteiger charge is -2.59. The second-order valence-electron chi connectivity index (χ2n) is 24.0. The minimum atomic E-state index is -4.31. The molecule has 0 N–H and O–H groups in total. The van der Waals surface area contributed by atoms with Gasteiger partial charge in [0.2, 0.25) is 9.76 Å². The number of halogens is 8. The van der Waals surface area contributed by atoms with E-state index in [1.807, 2.05) is 0 Å². The van der Waals surface area contributed by atoms with E-state index in [4.69, 9.17) is 138 Å². The summed E-state index contributed by atoms with van der Waals surface area (Å²) < 4.78 is 93.3. The Bertz CT molecular complexity index is 1630. The molecule has 4 aliphatic rings. The fourth-order valence-corrected chi connectivity index (χ4v) is 82.1. The summed E-state index contributed by atoms with van der Waals surface area (Å²) in [7, 11) is -48.7. The van der Waals surface area contributed by atoms with Crippen molar-refractivity contribution >= 4 is 229 Å². The van der Waals surface area contributed by atoms with E-state index < -0.39 is 131 Å². The minimum Gasteiger partial charge on any atom is -0.416 e. The third kappa shape index (κ3) is 23.9. The SMILES string of the molecule is C[Si](C)(Cl)CC[Si]O[Si]1(CC[Si](C)(C)Cl)O[Si]2(CC[Si](C)(C)Cl)O[Si]3(CC[Si](C)(C)Cl)O[Si]O[Si]4(CC[Si](C)(C)Cl)O[Si](CC[Si](C)(C)Cl)(O1)O[Si](CC[Si](C)(C)Cl)(O2)O[Si](CC[Si](C)(C)Cl)(O3)O4. The van der Waals surface area contributed by atoms with Crippen molar-refractivity contribution in [2.24, 2.45) is 0 Å². The fraction of sp³-hybridized carbons (Fsp3) is 1.00. The highest BCUT2D eigenvalue weighted by Gasteiger charge is 2.78. The molecule has 0 aromatic heterocycles. The van der Waals surface area contributed by atoms with Crippen molar-refractivity contribution in [3.63, 3.8) is 0 Å². The fourth-order valence-electron chi connectivity index (χ4n) is 7.45. The van der Waals surface area contributed by atoms with Crippen LogP contribution in [0.4, 0.5) is 0 Å². The zero-order valence-corrected chi connectivity index (χ0v) is 66.8. The highest BCUT2D eigenvalue weighted by Crippen LogP contribution is 2.53. The third-order valence-electron chi connectivity index (χ3n) is 11.4. The Morgan fingerprint density at radius 1 is 0.319 bits per heavy atom. The van der Waals surface area contributed by atoms with Crippen molar-refractivity contribution in [1.29, 1.82) is 0 Å². The van der Waals surface area contributed by atoms with Crippen LogP contribution < -0.4 is 0 Å². The van der Waals surface area contributed by atoms with Crippen LogP contribution in [0, 0.1) is 0 Å². The highest BCUT2D eigenvalue weighted by atomic mass is 35.6. The Labute approximate surface area is 474 Å². The number of fused-ring (bicyclic) bond motifs is 4. The lowest BCUT2D eigenvalue weighted by atomic mass is 10.9. The minimum absolute atomic E-state index is 0.0388. The molecule has 6 bridgehead atoms. The van der Waals surface area contributed by atoms with Crippen molar-refractivity contribution in [1.82, 2.24) is 0 Å². The highest BCUT2D eigenvalue weighted by molar-refractivity contribution is 7.23.